The maximum atomic E-state index is 9.67. The summed E-state index contributed by atoms with van der Waals surface area (Å²) in [5, 5.41) is 18.6. The van der Waals surface area contributed by atoms with Crippen LogP contribution in [0.25, 0.3) is 0 Å². The highest BCUT2D eigenvalue weighted by Gasteiger charge is 2.51. The standard InChI is InChI=1S/C18H27NO4/c1-22-18-6-5-16(23-10-9-20)12-17(18)19(8-7-18)13-14-3-2-4-15(21)11-14/h2-4,11,16-17,20-21H,5-10,12-13H2,1H3/t16-,17-,18+/m0/s1. The minimum absolute atomic E-state index is 0.0730. The Labute approximate surface area is 137 Å². The topological polar surface area (TPSA) is 62.2 Å². The summed E-state index contributed by atoms with van der Waals surface area (Å²) in [4.78, 5) is 2.45. The zero-order valence-electron chi connectivity index (χ0n) is 13.8. The first-order valence-electron chi connectivity index (χ1n) is 8.46. The summed E-state index contributed by atoms with van der Waals surface area (Å²) in [5.41, 5.74) is 1.05. The number of rotatable bonds is 6. The molecule has 0 unspecified atom stereocenters. The Kier molecular flexibility index (Phi) is 5.21. The molecule has 5 nitrogen and oxygen atoms in total. The van der Waals surface area contributed by atoms with Crippen LogP contribution < -0.4 is 0 Å². The molecule has 3 atom stereocenters. The van der Waals surface area contributed by atoms with Crippen molar-refractivity contribution in [3.05, 3.63) is 29.8 Å². The molecule has 0 radical (unpaired) electrons. The summed E-state index contributed by atoms with van der Waals surface area (Å²) in [7, 11) is 1.82. The zero-order chi connectivity index (χ0) is 16.3. The van der Waals surface area contributed by atoms with E-state index in [1.165, 1.54) is 0 Å². The minimum Gasteiger partial charge on any atom is -0.508 e. The molecule has 0 spiro atoms. The van der Waals surface area contributed by atoms with E-state index < -0.39 is 0 Å². The molecule has 1 aromatic carbocycles. The first-order chi connectivity index (χ1) is 11.2. The van der Waals surface area contributed by atoms with Gasteiger partial charge in [0.1, 0.15) is 5.75 Å². The van der Waals surface area contributed by atoms with Gasteiger partial charge in [-0.05, 0) is 43.4 Å². The normalized spacial score (nSPS) is 31.2. The molecule has 1 heterocycles. The molecule has 23 heavy (non-hydrogen) atoms. The molecular formula is C18H27NO4. The lowest BCUT2D eigenvalue weighted by Gasteiger charge is -2.43. The monoisotopic (exact) mass is 321 g/mol. The zero-order valence-corrected chi connectivity index (χ0v) is 13.8. The summed E-state index contributed by atoms with van der Waals surface area (Å²) < 4.78 is 11.7. The molecule has 2 N–H and O–H groups in total. The van der Waals surface area contributed by atoms with Gasteiger partial charge in [-0.25, -0.2) is 0 Å². The van der Waals surface area contributed by atoms with E-state index in [1.807, 2.05) is 19.2 Å². The third kappa shape index (κ3) is 3.53. The third-order valence-electron chi connectivity index (χ3n) is 5.39. The number of ether oxygens (including phenoxy) is 2. The lowest BCUT2D eigenvalue weighted by atomic mass is 9.79. The number of aliphatic hydroxyl groups is 1. The van der Waals surface area contributed by atoms with Crippen molar-refractivity contribution in [2.45, 2.75) is 50.0 Å². The number of benzene rings is 1. The molecule has 3 rings (SSSR count). The number of methoxy groups -OCH3 is 1. The van der Waals surface area contributed by atoms with Crippen LogP contribution in [0.3, 0.4) is 0 Å². The fourth-order valence-electron chi connectivity index (χ4n) is 4.21. The largest absolute Gasteiger partial charge is 0.508 e. The van der Waals surface area contributed by atoms with Crippen LogP contribution in [-0.2, 0) is 16.0 Å². The summed E-state index contributed by atoms with van der Waals surface area (Å²) in [6.07, 6.45) is 4.16. The summed E-state index contributed by atoms with van der Waals surface area (Å²) in [6, 6.07) is 7.79. The second kappa shape index (κ2) is 7.18. The molecule has 128 valence electrons. The van der Waals surface area contributed by atoms with Crippen molar-refractivity contribution in [1.82, 2.24) is 4.90 Å². The van der Waals surface area contributed by atoms with Crippen LogP contribution in [0.2, 0.25) is 0 Å². The van der Waals surface area contributed by atoms with Gasteiger partial charge in [0.25, 0.3) is 0 Å². The van der Waals surface area contributed by atoms with E-state index >= 15 is 0 Å². The molecule has 0 bridgehead atoms. The predicted molar refractivity (Wildman–Crippen MR) is 87.3 cm³/mol. The van der Waals surface area contributed by atoms with Crippen LogP contribution in [0.5, 0.6) is 5.75 Å². The van der Waals surface area contributed by atoms with Crippen molar-refractivity contribution in [1.29, 1.82) is 0 Å². The number of hydrogen-bond acceptors (Lipinski definition) is 5. The van der Waals surface area contributed by atoms with Crippen molar-refractivity contribution in [3.8, 4) is 5.75 Å². The van der Waals surface area contributed by atoms with Crippen molar-refractivity contribution < 1.29 is 19.7 Å². The van der Waals surface area contributed by atoms with Gasteiger partial charge in [-0.15, -0.1) is 0 Å². The second-order valence-corrected chi connectivity index (χ2v) is 6.67. The molecular weight excluding hydrogens is 294 g/mol. The summed E-state index contributed by atoms with van der Waals surface area (Å²) in [6.45, 7) is 2.30. The van der Waals surface area contributed by atoms with E-state index in [0.717, 1.165) is 44.3 Å². The third-order valence-corrected chi connectivity index (χ3v) is 5.39. The number of nitrogens with zero attached hydrogens (tertiary/aromatic N) is 1. The fraction of sp³-hybridized carbons (Fsp3) is 0.667. The molecule has 1 aromatic rings. The van der Waals surface area contributed by atoms with Gasteiger partial charge in [0, 0.05) is 26.2 Å². The second-order valence-electron chi connectivity index (χ2n) is 6.67. The number of likely N-dealkylation sites (tertiary alicyclic amines) is 1. The van der Waals surface area contributed by atoms with Gasteiger partial charge in [0.2, 0.25) is 0 Å². The lowest BCUT2D eigenvalue weighted by Crippen LogP contribution is -2.51. The number of aromatic hydroxyl groups is 1. The van der Waals surface area contributed by atoms with E-state index in [0.29, 0.717) is 18.4 Å². The van der Waals surface area contributed by atoms with Gasteiger partial charge in [-0.1, -0.05) is 12.1 Å². The highest BCUT2D eigenvalue weighted by Crippen LogP contribution is 2.43. The Morgan fingerprint density at radius 3 is 2.96 bits per heavy atom. The Balaban J connectivity index is 1.71. The number of hydrogen-bond donors (Lipinski definition) is 2. The Morgan fingerprint density at radius 1 is 1.35 bits per heavy atom. The maximum Gasteiger partial charge on any atom is 0.115 e. The minimum atomic E-state index is -0.0735. The number of phenols is 1. The molecule has 1 aliphatic carbocycles. The first kappa shape index (κ1) is 16.7. The average molecular weight is 321 g/mol. The molecule has 1 saturated carbocycles. The molecule has 2 aliphatic rings. The molecule has 5 heteroatoms. The van der Waals surface area contributed by atoms with Crippen LogP contribution in [0.15, 0.2) is 24.3 Å². The smallest absolute Gasteiger partial charge is 0.115 e. The van der Waals surface area contributed by atoms with E-state index in [9.17, 15) is 5.11 Å². The molecule has 0 aromatic heterocycles. The molecule has 0 amide bonds. The van der Waals surface area contributed by atoms with Gasteiger partial charge in [0.05, 0.1) is 24.9 Å². The molecule has 1 aliphatic heterocycles. The highest BCUT2D eigenvalue weighted by molar-refractivity contribution is 5.27. The summed E-state index contributed by atoms with van der Waals surface area (Å²) in [5.74, 6) is 0.313. The Hall–Kier alpha value is -1.14. The number of phenolic OH excluding ortho intramolecular Hbond substituents is 1. The fourth-order valence-corrected chi connectivity index (χ4v) is 4.21. The Bertz CT molecular complexity index is 523. The quantitative estimate of drug-likeness (QED) is 0.838. The van der Waals surface area contributed by atoms with Gasteiger partial charge in [-0.2, -0.15) is 0 Å². The Morgan fingerprint density at radius 2 is 2.22 bits per heavy atom. The SMILES string of the molecule is CO[C@@]12CC[C@H](OCCO)C[C@@H]1N(Cc1cccc(O)c1)CC2. The van der Waals surface area contributed by atoms with Crippen LogP contribution in [0.1, 0.15) is 31.2 Å². The van der Waals surface area contributed by atoms with Crippen molar-refractivity contribution >= 4 is 0 Å². The van der Waals surface area contributed by atoms with Crippen molar-refractivity contribution in [2.24, 2.45) is 0 Å². The van der Waals surface area contributed by atoms with Crippen LogP contribution in [0, 0.1) is 0 Å². The van der Waals surface area contributed by atoms with Gasteiger partial charge in [0.15, 0.2) is 0 Å². The van der Waals surface area contributed by atoms with E-state index in [1.54, 1.807) is 6.07 Å². The lowest BCUT2D eigenvalue weighted by molar-refractivity contribution is -0.104. The van der Waals surface area contributed by atoms with Crippen molar-refractivity contribution in [2.75, 3.05) is 26.9 Å². The van der Waals surface area contributed by atoms with E-state index in [4.69, 9.17) is 14.6 Å². The summed E-state index contributed by atoms with van der Waals surface area (Å²) >= 11 is 0. The van der Waals surface area contributed by atoms with E-state index in [-0.39, 0.29) is 18.3 Å². The van der Waals surface area contributed by atoms with Gasteiger partial charge >= 0.3 is 0 Å². The average Bonchev–Trinajstić information content (AvgIpc) is 2.92. The van der Waals surface area contributed by atoms with Crippen molar-refractivity contribution in [3.63, 3.8) is 0 Å². The van der Waals surface area contributed by atoms with Gasteiger partial charge in [-0.3, -0.25) is 4.90 Å². The van der Waals surface area contributed by atoms with Crippen LogP contribution >= 0.6 is 0 Å². The van der Waals surface area contributed by atoms with Crippen LogP contribution in [-0.4, -0.2) is 59.7 Å². The van der Waals surface area contributed by atoms with Crippen LogP contribution in [0.4, 0.5) is 0 Å². The highest BCUT2D eigenvalue weighted by atomic mass is 16.5. The van der Waals surface area contributed by atoms with E-state index in [2.05, 4.69) is 11.0 Å². The number of aliphatic hydroxyl groups excluding tert-OH is 1. The van der Waals surface area contributed by atoms with Gasteiger partial charge < -0.3 is 19.7 Å². The number of fused-ring (bicyclic) bond motifs is 1. The molecule has 1 saturated heterocycles. The maximum absolute atomic E-state index is 9.67. The first-order valence-corrected chi connectivity index (χ1v) is 8.46. The predicted octanol–water partition coefficient (Wildman–Crippen LogP) is 1.91. The molecule has 2 fully saturated rings.